The number of para-hydroxylation sites is 2. The van der Waals surface area contributed by atoms with E-state index < -0.39 is 0 Å². The molecule has 0 spiro atoms. The highest BCUT2D eigenvalue weighted by Gasteiger charge is 2.04. The van der Waals surface area contributed by atoms with Crippen LogP contribution < -0.4 is 15.2 Å². The summed E-state index contributed by atoms with van der Waals surface area (Å²) in [6.07, 6.45) is 2.74. The van der Waals surface area contributed by atoms with Crippen LogP contribution in [0.15, 0.2) is 42.6 Å². The van der Waals surface area contributed by atoms with Gasteiger partial charge in [0.15, 0.2) is 11.5 Å². The minimum atomic E-state index is 0.414. The van der Waals surface area contributed by atoms with Crippen molar-refractivity contribution in [1.82, 2.24) is 4.98 Å². The van der Waals surface area contributed by atoms with Gasteiger partial charge in [0.25, 0.3) is 0 Å². The molecular weight excluding hydrogens is 252 g/mol. The number of nitrogens with zero attached hydrogens (tertiary/aromatic N) is 1. The highest BCUT2D eigenvalue weighted by atomic mass is 16.5. The van der Waals surface area contributed by atoms with Crippen molar-refractivity contribution in [2.75, 3.05) is 6.61 Å². The highest BCUT2D eigenvalue weighted by molar-refractivity contribution is 5.39. The Labute approximate surface area is 119 Å². The summed E-state index contributed by atoms with van der Waals surface area (Å²) >= 11 is 0. The third kappa shape index (κ3) is 3.96. The van der Waals surface area contributed by atoms with E-state index in [0.717, 1.165) is 29.2 Å². The van der Waals surface area contributed by atoms with E-state index in [1.54, 1.807) is 6.20 Å². The van der Waals surface area contributed by atoms with Gasteiger partial charge in [-0.15, -0.1) is 0 Å². The Kier molecular flexibility index (Phi) is 5.38. The molecule has 1 heterocycles. The van der Waals surface area contributed by atoms with Gasteiger partial charge in [-0.05, 0) is 30.2 Å². The first-order valence-electron chi connectivity index (χ1n) is 6.82. The van der Waals surface area contributed by atoms with Gasteiger partial charge in [-0.2, -0.15) is 0 Å². The van der Waals surface area contributed by atoms with Crippen LogP contribution in [-0.4, -0.2) is 11.6 Å². The predicted octanol–water partition coefficient (Wildman–Crippen LogP) is 2.91. The summed E-state index contributed by atoms with van der Waals surface area (Å²) in [5.74, 6) is 1.51. The smallest absolute Gasteiger partial charge is 0.161 e. The lowest BCUT2D eigenvalue weighted by Gasteiger charge is -2.12. The maximum absolute atomic E-state index is 5.78. The Hall–Kier alpha value is -2.07. The largest absolute Gasteiger partial charge is 0.490 e. The van der Waals surface area contributed by atoms with E-state index in [1.807, 2.05) is 36.4 Å². The van der Waals surface area contributed by atoms with E-state index in [0.29, 0.717) is 19.8 Å². The average Bonchev–Trinajstić information content (AvgIpc) is 2.52. The number of ether oxygens (including phenoxy) is 2. The van der Waals surface area contributed by atoms with E-state index in [1.165, 1.54) is 0 Å². The molecule has 1 aromatic heterocycles. The van der Waals surface area contributed by atoms with Gasteiger partial charge in [0.05, 0.1) is 12.3 Å². The zero-order valence-electron chi connectivity index (χ0n) is 11.7. The minimum absolute atomic E-state index is 0.414. The number of hydrogen-bond acceptors (Lipinski definition) is 4. The summed E-state index contributed by atoms with van der Waals surface area (Å²) < 4.78 is 11.4. The van der Waals surface area contributed by atoms with Gasteiger partial charge in [0.1, 0.15) is 6.61 Å². The van der Waals surface area contributed by atoms with E-state index in [2.05, 4.69) is 11.9 Å². The van der Waals surface area contributed by atoms with Gasteiger partial charge in [-0.25, -0.2) is 0 Å². The molecule has 2 N–H and O–H groups in total. The van der Waals surface area contributed by atoms with Crippen molar-refractivity contribution in [1.29, 1.82) is 0 Å². The fourth-order valence-corrected chi connectivity index (χ4v) is 1.71. The third-order valence-electron chi connectivity index (χ3n) is 2.81. The predicted molar refractivity (Wildman–Crippen MR) is 78.7 cm³/mol. The van der Waals surface area contributed by atoms with Crippen molar-refractivity contribution in [3.05, 3.63) is 53.9 Å². The number of aromatic nitrogens is 1. The Bertz CT molecular complexity index is 526. The first kappa shape index (κ1) is 14.3. The van der Waals surface area contributed by atoms with Crippen LogP contribution in [0.4, 0.5) is 0 Å². The molecule has 0 aliphatic heterocycles. The van der Waals surface area contributed by atoms with Crippen molar-refractivity contribution >= 4 is 0 Å². The lowest BCUT2D eigenvalue weighted by atomic mass is 10.2. The van der Waals surface area contributed by atoms with E-state index >= 15 is 0 Å². The van der Waals surface area contributed by atoms with Gasteiger partial charge in [0.2, 0.25) is 0 Å². The van der Waals surface area contributed by atoms with E-state index in [9.17, 15) is 0 Å². The number of nitrogens with two attached hydrogens (primary N) is 1. The third-order valence-corrected chi connectivity index (χ3v) is 2.81. The van der Waals surface area contributed by atoms with Crippen LogP contribution >= 0.6 is 0 Å². The molecule has 0 atom stereocenters. The van der Waals surface area contributed by atoms with Gasteiger partial charge in [-0.3, -0.25) is 4.98 Å². The molecule has 0 aliphatic carbocycles. The standard InChI is InChI=1S/C16H20N2O2/c1-2-9-19-15-5-3-4-6-16(15)20-12-14-8-7-13(10-17)11-18-14/h3-8,11H,2,9-10,12,17H2,1H3. The summed E-state index contributed by atoms with van der Waals surface area (Å²) in [5.41, 5.74) is 7.43. The first-order chi connectivity index (χ1) is 9.83. The van der Waals surface area contributed by atoms with Crippen molar-refractivity contribution in [2.45, 2.75) is 26.5 Å². The molecule has 0 saturated carbocycles. The maximum atomic E-state index is 5.78. The van der Waals surface area contributed by atoms with E-state index in [4.69, 9.17) is 15.2 Å². The Morgan fingerprint density at radius 3 is 2.40 bits per heavy atom. The molecule has 0 aliphatic rings. The van der Waals surface area contributed by atoms with Crippen LogP contribution in [0, 0.1) is 0 Å². The highest BCUT2D eigenvalue weighted by Crippen LogP contribution is 2.27. The maximum Gasteiger partial charge on any atom is 0.161 e. The lowest BCUT2D eigenvalue weighted by molar-refractivity contribution is 0.259. The molecule has 0 amide bonds. The van der Waals surface area contributed by atoms with Crippen LogP contribution in [0.3, 0.4) is 0 Å². The van der Waals surface area contributed by atoms with Crippen molar-refractivity contribution < 1.29 is 9.47 Å². The zero-order chi connectivity index (χ0) is 14.2. The molecule has 0 saturated heterocycles. The Morgan fingerprint density at radius 1 is 1.05 bits per heavy atom. The molecule has 4 heteroatoms. The van der Waals surface area contributed by atoms with Crippen LogP contribution in [-0.2, 0) is 13.2 Å². The quantitative estimate of drug-likeness (QED) is 0.842. The first-order valence-corrected chi connectivity index (χ1v) is 6.82. The molecule has 0 unspecified atom stereocenters. The van der Waals surface area contributed by atoms with Gasteiger partial charge < -0.3 is 15.2 Å². The molecule has 4 nitrogen and oxygen atoms in total. The monoisotopic (exact) mass is 272 g/mol. The zero-order valence-corrected chi connectivity index (χ0v) is 11.7. The molecule has 2 rings (SSSR count). The number of pyridine rings is 1. The van der Waals surface area contributed by atoms with Crippen LogP contribution in [0.25, 0.3) is 0 Å². The number of rotatable bonds is 7. The Morgan fingerprint density at radius 2 is 1.80 bits per heavy atom. The van der Waals surface area contributed by atoms with Crippen LogP contribution in [0.2, 0.25) is 0 Å². The van der Waals surface area contributed by atoms with Gasteiger partial charge in [0, 0.05) is 12.7 Å². The number of benzene rings is 1. The number of hydrogen-bond donors (Lipinski definition) is 1. The van der Waals surface area contributed by atoms with Gasteiger partial charge in [-0.1, -0.05) is 25.1 Å². The molecule has 1 aromatic carbocycles. The summed E-state index contributed by atoms with van der Waals surface area (Å²) in [6, 6.07) is 11.6. The average molecular weight is 272 g/mol. The fourth-order valence-electron chi connectivity index (χ4n) is 1.71. The fraction of sp³-hybridized carbons (Fsp3) is 0.312. The second-order valence-electron chi connectivity index (χ2n) is 4.45. The molecule has 0 fully saturated rings. The van der Waals surface area contributed by atoms with Crippen molar-refractivity contribution in [3.8, 4) is 11.5 Å². The summed E-state index contributed by atoms with van der Waals surface area (Å²) in [4.78, 5) is 4.31. The van der Waals surface area contributed by atoms with Crippen LogP contribution in [0.1, 0.15) is 24.6 Å². The topological polar surface area (TPSA) is 57.4 Å². The molecule has 106 valence electrons. The summed E-state index contributed by atoms with van der Waals surface area (Å²) in [5, 5.41) is 0. The lowest BCUT2D eigenvalue weighted by Crippen LogP contribution is -2.03. The summed E-state index contributed by atoms with van der Waals surface area (Å²) in [7, 11) is 0. The molecule has 0 radical (unpaired) electrons. The summed E-state index contributed by atoms with van der Waals surface area (Å²) in [6.45, 7) is 3.68. The van der Waals surface area contributed by atoms with Gasteiger partial charge >= 0.3 is 0 Å². The molecule has 20 heavy (non-hydrogen) atoms. The van der Waals surface area contributed by atoms with Crippen molar-refractivity contribution in [3.63, 3.8) is 0 Å². The SMILES string of the molecule is CCCOc1ccccc1OCc1ccc(CN)cn1. The van der Waals surface area contributed by atoms with E-state index in [-0.39, 0.29) is 0 Å². The second kappa shape index (κ2) is 7.50. The Balaban J connectivity index is 1.98. The molecular formula is C16H20N2O2. The molecule has 0 bridgehead atoms. The minimum Gasteiger partial charge on any atom is -0.490 e. The second-order valence-corrected chi connectivity index (χ2v) is 4.45. The van der Waals surface area contributed by atoms with Crippen molar-refractivity contribution in [2.24, 2.45) is 5.73 Å². The normalized spacial score (nSPS) is 10.3. The molecule has 2 aromatic rings. The van der Waals surface area contributed by atoms with Crippen LogP contribution in [0.5, 0.6) is 11.5 Å².